The van der Waals surface area contributed by atoms with E-state index in [4.69, 9.17) is 4.52 Å². The number of nitrogens with one attached hydrogen (secondary N) is 1. The highest BCUT2D eigenvalue weighted by Crippen LogP contribution is 2.14. The van der Waals surface area contributed by atoms with Crippen LogP contribution in [0.2, 0.25) is 0 Å². The van der Waals surface area contributed by atoms with Gasteiger partial charge in [0.25, 0.3) is 5.91 Å². The monoisotopic (exact) mass is 264 g/mol. The predicted octanol–water partition coefficient (Wildman–Crippen LogP) is 1.97. The van der Waals surface area contributed by atoms with Crippen LogP contribution in [0.4, 0.5) is 5.69 Å². The molecule has 0 spiro atoms. The van der Waals surface area contributed by atoms with Crippen molar-refractivity contribution in [3.05, 3.63) is 41.8 Å². The molecule has 0 bridgehead atoms. The lowest BCUT2D eigenvalue weighted by atomic mass is 10.3. The Morgan fingerprint density at radius 2 is 2.17 bits per heavy atom. The van der Waals surface area contributed by atoms with Gasteiger partial charge in [0.1, 0.15) is 0 Å². The number of carbonyl (C=O) groups is 1. The van der Waals surface area contributed by atoms with Crippen molar-refractivity contribution in [1.29, 1.82) is 0 Å². The summed E-state index contributed by atoms with van der Waals surface area (Å²) < 4.78 is 16.2. The van der Waals surface area contributed by atoms with Gasteiger partial charge in [-0.2, -0.15) is 0 Å². The van der Waals surface area contributed by atoms with Gasteiger partial charge in [0.15, 0.2) is 0 Å². The second-order valence-electron chi connectivity index (χ2n) is 3.77. The first kappa shape index (κ1) is 12.5. The van der Waals surface area contributed by atoms with Gasteiger partial charge in [-0.1, -0.05) is 11.2 Å². The minimum Gasteiger partial charge on any atom is -0.351 e. The first-order valence-corrected chi connectivity index (χ1v) is 6.80. The van der Waals surface area contributed by atoms with Crippen molar-refractivity contribution in [3.63, 3.8) is 0 Å². The molecule has 6 heteroatoms. The molecule has 0 fully saturated rings. The maximum atomic E-state index is 11.8. The lowest BCUT2D eigenvalue weighted by molar-refractivity contribution is 0.0988. The molecule has 18 heavy (non-hydrogen) atoms. The number of carbonyl (C=O) groups excluding carboxylic acids is 1. The van der Waals surface area contributed by atoms with Crippen molar-refractivity contribution in [2.45, 2.75) is 11.8 Å². The molecule has 94 valence electrons. The van der Waals surface area contributed by atoms with E-state index in [9.17, 15) is 9.00 Å². The van der Waals surface area contributed by atoms with E-state index in [0.717, 1.165) is 0 Å². The van der Waals surface area contributed by atoms with Crippen LogP contribution >= 0.6 is 0 Å². The fraction of sp³-hybridized carbons (Fsp3) is 0.167. The average Bonchev–Trinajstić information content (AvgIpc) is 2.76. The molecule has 0 radical (unpaired) electrons. The molecule has 5 nitrogen and oxygen atoms in total. The van der Waals surface area contributed by atoms with Gasteiger partial charge >= 0.3 is 0 Å². The molecule has 2 rings (SSSR count). The van der Waals surface area contributed by atoms with Crippen molar-refractivity contribution in [2.75, 3.05) is 11.6 Å². The Bertz CT molecular complexity index is 607. The maximum Gasteiger partial charge on any atom is 0.294 e. The number of benzene rings is 1. The quantitative estimate of drug-likeness (QED) is 0.920. The average molecular weight is 264 g/mol. The minimum atomic E-state index is -1.08. The minimum absolute atomic E-state index is 0.149. The Morgan fingerprint density at radius 3 is 2.78 bits per heavy atom. The SMILES string of the molecule is Cc1cc(C(=O)Nc2cccc(S(C)=O)c2)on1. The highest BCUT2D eigenvalue weighted by Gasteiger charge is 2.12. The second kappa shape index (κ2) is 5.14. The first-order chi connectivity index (χ1) is 8.56. The Kier molecular flexibility index (Phi) is 3.57. The van der Waals surface area contributed by atoms with Gasteiger partial charge in [0, 0.05) is 33.7 Å². The summed E-state index contributed by atoms with van der Waals surface area (Å²) in [5.74, 6) is -0.231. The first-order valence-electron chi connectivity index (χ1n) is 5.24. The lowest BCUT2D eigenvalue weighted by Crippen LogP contribution is -2.11. The smallest absolute Gasteiger partial charge is 0.294 e. The van der Waals surface area contributed by atoms with Crippen molar-refractivity contribution >= 4 is 22.4 Å². The Morgan fingerprint density at radius 1 is 1.39 bits per heavy atom. The van der Waals surface area contributed by atoms with Crippen LogP contribution in [0.5, 0.6) is 0 Å². The van der Waals surface area contributed by atoms with Gasteiger partial charge < -0.3 is 9.84 Å². The molecular weight excluding hydrogens is 252 g/mol. The molecule has 0 aliphatic carbocycles. The molecule has 0 saturated heterocycles. The highest BCUT2D eigenvalue weighted by molar-refractivity contribution is 7.84. The Labute approximate surface area is 107 Å². The van der Waals surface area contributed by atoms with E-state index in [1.165, 1.54) is 0 Å². The zero-order valence-electron chi connectivity index (χ0n) is 9.97. The van der Waals surface area contributed by atoms with E-state index >= 15 is 0 Å². The number of anilines is 1. The van der Waals surface area contributed by atoms with Gasteiger partial charge in [-0.25, -0.2) is 0 Å². The van der Waals surface area contributed by atoms with E-state index in [2.05, 4.69) is 10.5 Å². The summed E-state index contributed by atoms with van der Waals surface area (Å²) in [5.41, 5.74) is 1.21. The summed E-state index contributed by atoms with van der Waals surface area (Å²) in [6, 6.07) is 8.41. The molecule has 0 saturated carbocycles. The molecule has 1 amide bonds. The summed E-state index contributed by atoms with van der Waals surface area (Å²) in [5, 5.41) is 6.30. The van der Waals surface area contributed by atoms with Crippen LogP contribution in [-0.2, 0) is 10.8 Å². The van der Waals surface area contributed by atoms with E-state index in [1.54, 1.807) is 43.5 Å². The van der Waals surface area contributed by atoms with E-state index < -0.39 is 10.8 Å². The standard InChI is InChI=1S/C12H12N2O3S/c1-8-6-11(17-14-8)12(15)13-9-4-3-5-10(7-9)18(2)16/h3-7H,1-2H3,(H,13,15). The number of amides is 1. The molecule has 0 aliphatic rings. The number of nitrogens with zero attached hydrogens (tertiary/aromatic N) is 1. The Balaban J connectivity index is 2.16. The van der Waals surface area contributed by atoms with Gasteiger partial charge in [0.2, 0.25) is 5.76 Å². The molecule has 1 aromatic carbocycles. The molecule has 1 aromatic heterocycles. The number of hydrogen-bond acceptors (Lipinski definition) is 4. The fourth-order valence-electron chi connectivity index (χ4n) is 1.42. The highest BCUT2D eigenvalue weighted by atomic mass is 32.2. The van der Waals surface area contributed by atoms with Crippen LogP contribution in [0.3, 0.4) is 0 Å². The zero-order chi connectivity index (χ0) is 13.1. The molecule has 1 heterocycles. The second-order valence-corrected chi connectivity index (χ2v) is 5.15. The van der Waals surface area contributed by atoms with E-state index in [-0.39, 0.29) is 11.7 Å². The molecule has 1 unspecified atom stereocenters. The number of aromatic nitrogens is 1. The zero-order valence-corrected chi connectivity index (χ0v) is 10.8. The Hall–Kier alpha value is -1.95. The third-order valence-electron chi connectivity index (χ3n) is 2.28. The van der Waals surface area contributed by atoms with Crippen LogP contribution in [0.25, 0.3) is 0 Å². The van der Waals surface area contributed by atoms with Crippen molar-refractivity contribution < 1.29 is 13.5 Å². The van der Waals surface area contributed by atoms with Crippen molar-refractivity contribution in [1.82, 2.24) is 5.16 Å². The predicted molar refractivity (Wildman–Crippen MR) is 68.0 cm³/mol. The molecule has 1 atom stereocenters. The number of aryl methyl sites for hydroxylation is 1. The normalized spacial score (nSPS) is 12.1. The van der Waals surface area contributed by atoms with Crippen LogP contribution in [-0.4, -0.2) is 21.5 Å². The maximum absolute atomic E-state index is 11.8. The van der Waals surface area contributed by atoms with Gasteiger partial charge in [-0.15, -0.1) is 0 Å². The number of rotatable bonds is 3. The lowest BCUT2D eigenvalue weighted by Gasteiger charge is -2.04. The molecule has 2 aromatic rings. The van der Waals surface area contributed by atoms with Crippen molar-refractivity contribution in [2.24, 2.45) is 0 Å². The summed E-state index contributed by atoms with van der Waals surface area (Å²) in [4.78, 5) is 12.4. The van der Waals surface area contributed by atoms with Crippen LogP contribution in [0.1, 0.15) is 16.2 Å². The van der Waals surface area contributed by atoms with Crippen molar-refractivity contribution in [3.8, 4) is 0 Å². The fourth-order valence-corrected chi connectivity index (χ4v) is 1.98. The molecule has 1 N–H and O–H groups in total. The summed E-state index contributed by atoms with van der Waals surface area (Å²) in [6.45, 7) is 1.74. The van der Waals surface area contributed by atoms with Gasteiger partial charge in [-0.3, -0.25) is 9.00 Å². The van der Waals surface area contributed by atoms with Crippen LogP contribution in [0.15, 0.2) is 39.8 Å². The topological polar surface area (TPSA) is 72.2 Å². The summed E-state index contributed by atoms with van der Waals surface area (Å²) in [7, 11) is -1.08. The van der Waals surface area contributed by atoms with E-state index in [0.29, 0.717) is 16.3 Å². The number of hydrogen-bond donors (Lipinski definition) is 1. The van der Waals surface area contributed by atoms with Crippen LogP contribution < -0.4 is 5.32 Å². The molecular formula is C12H12N2O3S. The van der Waals surface area contributed by atoms with Gasteiger partial charge in [-0.05, 0) is 25.1 Å². The van der Waals surface area contributed by atoms with E-state index in [1.807, 2.05) is 0 Å². The third-order valence-corrected chi connectivity index (χ3v) is 3.19. The van der Waals surface area contributed by atoms with Crippen LogP contribution in [0, 0.1) is 6.92 Å². The third kappa shape index (κ3) is 2.84. The summed E-state index contributed by atoms with van der Waals surface area (Å²) >= 11 is 0. The summed E-state index contributed by atoms with van der Waals surface area (Å²) in [6.07, 6.45) is 1.58. The van der Waals surface area contributed by atoms with Gasteiger partial charge in [0.05, 0.1) is 5.69 Å². The largest absolute Gasteiger partial charge is 0.351 e. The molecule has 0 aliphatic heterocycles.